The number of anilines is 1. The number of benzene rings is 1. The van der Waals surface area contributed by atoms with Gasteiger partial charge in [-0.25, -0.2) is 0 Å². The predicted octanol–water partition coefficient (Wildman–Crippen LogP) is 1.93. The molecule has 6 nitrogen and oxygen atoms in total. The summed E-state index contributed by atoms with van der Waals surface area (Å²) in [4.78, 5) is 26.2. The van der Waals surface area contributed by atoms with E-state index in [0.717, 1.165) is 11.3 Å². The third kappa shape index (κ3) is 3.59. The molecule has 0 aliphatic carbocycles. The molecule has 126 valence electrons. The van der Waals surface area contributed by atoms with Crippen LogP contribution < -0.4 is 10.2 Å². The minimum atomic E-state index is -0.469. The molecule has 1 aromatic heterocycles. The van der Waals surface area contributed by atoms with E-state index in [1.165, 1.54) is 0 Å². The fraction of sp³-hybridized carbons (Fsp3) is 0.353. The molecule has 2 aromatic rings. The third-order valence-corrected chi connectivity index (χ3v) is 4.49. The van der Waals surface area contributed by atoms with Crippen molar-refractivity contribution in [1.29, 1.82) is 0 Å². The van der Waals surface area contributed by atoms with E-state index in [0.29, 0.717) is 30.8 Å². The molecule has 0 radical (unpaired) electrons. The number of amides is 2. The lowest BCUT2D eigenvalue weighted by Gasteiger charge is -2.15. The van der Waals surface area contributed by atoms with Crippen LogP contribution in [0.2, 0.25) is 5.02 Å². The van der Waals surface area contributed by atoms with Gasteiger partial charge >= 0.3 is 0 Å². The van der Waals surface area contributed by atoms with Gasteiger partial charge in [0.05, 0.1) is 11.9 Å². The Bertz CT molecular complexity index is 759. The molecule has 1 aromatic carbocycles. The quantitative estimate of drug-likeness (QED) is 0.899. The summed E-state index contributed by atoms with van der Waals surface area (Å²) in [6.07, 6.45) is 4.91. The van der Waals surface area contributed by atoms with Crippen LogP contribution in [0, 0.1) is 0 Å². The summed E-state index contributed by atoms with van der Waals surface area (Å²) in [6, 6.07) is 6.99. The Morgan fingerprint density at radius 2 is 2.21 bits per heavy atom. The number of nitrogens with zero attached hydrogens (tertiary/aromatic N) is 3. The Morgan fingerprint density at radius 3 is 2.92 bits per heavy atom. The number of aromatic nitrogens is 2. The van der Waals surface area contributed by atoms with E-state index in [-0.39, 0.29) is 11.8 Å². The first-order valence-electron chi connectivity index (χ1n) is 7.87. The summed E-state index contributed by atoms with van der Waals surface area (Å²) in [5.41, 5.74) is 1.69. The monoisotopic (exact) mass is 346 g/mol. The molecular weight excluding hydrogens is 328 g/mol. The predicted molar refractivity (Wildman–Crippen MR) is 91.9 cm³/mol. The van der Waals surface area contributed by atoms with Crippen molar-refractivity contribution in [2.45, 2.75) is 25.3 Å². The first kappa shape index (κ1) is 16.5. The van der Waals surface area contributed by atoms with Gasteiger partial charge in [-0.1, -0.05) is 29.8 Å². The van der Waals surface area contributed by atoms with Gasteiger partial charge in [0, 0.05) is 31.2 Å². The molecule has 1 fully saturated rings. The Hall–Kier alpha value is -2.34. The van der Waals surface area contributed by atoms with E-state index in [1.54, 1.807) is 35.1 Å². The molecule has 24 heavy (non-hydrogen) atoms. The molecule has 1 aliphatic heterocycles. The van der Waals surface area contributed by atoms with Gasteiger partial charge in [0.1, 0.15) is 6.04 Å². The van der Waals surface area contributed by atoms with Crippen LogP contribution in [-0.4, -0.2) is 34.2 Å². The van der Waals surface area contributed by atoms with Gasteiger partial charge in [0.2, 0.25) is 11.8 Å². The standard InChI is InChI=1S/C17H19ClN4O2/c1-21-11-13(10-19-21)22-9-8-15(17(22)24)20-16(23)7-6-12-4-2-3-5-14(12)18/h2-5,10-11,15H,6-9H2,1H3,(H,20,23)/t15-/m1/s1. The minimum absolute atomic E-state index is 0.0888. The SMILES string of the molecule is Cn1cc(N2CC[C@@H](NC(=O)CCc3ccccc3Cl)C2=O)cn1. The lowest BCUT2D eigenvalue weighted by Crippen LogP contribution is -2.41. The topological polar surface area (TPSA) is 67.2 Å². The van der Waals surface area contributed by atoms with Crippen molar-refractivity contribution in [3.8, 4) is 0 Å². The van der Waals surface area contributed by atoms with E-state index in [2.05, 4.69) is 10.4 Å². The molecule has 0 bridgehead atoms. The van der Waals surface area contributed by atoms with Crippen molar-refractivity contribution < 1.29 is 9.59 Å². The maximum Gasteiger partial charge on any atom is 0.249 e. The molecule has 1 N–H and O–H groups in total. The van der Waals surface area contributed by atoms with Crippen LogP contribution in [0.5, 0.6) is 0 Å². The van der Waals surface area contributed by atoms with E-state index >= 15 is 0 Å². The second kappa shape index (κ2) is 7.05. The number of nitrogens with one attached hydrogen (secondary N) is 1. The van der Waals surface area contributed by atoms with Gasteiger partial charge in [-0.3, -0.25) is 14.3 Å². The minimum Gasteiger partial charge on any atom is -0.344 e. The molecule has 2 amide bonds. The number of hydrogen-bond donors (Lipinski definition) is 1. The molecule has 1 aliphatic rings. The van der Waals surface area contributed by atoms with Crippen LogP contribution >= 0.6 is 11.6 Å². The average molecular weight is 347 g/mol. The molecule has 0 unspecified atom stereocenters. The summed E-state index contributed by atoms with van der Waals surface area (Å²) in [5.74, 6) is -0.226. The lowest BCUT2D eigenvalue weighted by molar-refractivity contribution is -0.126. The Morgan fingerprint density at radius 1 is 1.42 bits per heavy atom. The van der Waals surface area contributed by atoms with Crippen molar-refractivity contribution in [3.63, 3.8) is 0 Å². The van der Waals surface area contributed by atoms with Gasteiger partial charge in [0.25, 0.3) is 0 Å². The van der Waals surface area contributed by atoms with Gasteiger partial charge < -0.3 is 10.2 Å². The molecule has 2 heterocycles. The van der Waals surface area contributed by atoms with Crippen molar-refractivity contribution in [3.05, 3.63) is 47.2 Å². The Balaban J connectivity index is 1.54. The molecular formula is C17H19ClN4O2. The first-order valence-corrected chi connectivity index (χ1v) is 8.25. The maximum absolute atomic E-state index is 12.4. The van der Waals surface area contributed by atoms with Crippen LogP contribution in [0.15, 0.2) is 36.7 Å². The smallest absolute Gasteiger partial charge is 0.249 e. The number of halogens is 1. The van der Waals surface area contributed by atoms with Gasteiger partial charge in [-0.2, -0.15) is 5.10 Å². The number of carbonyl (C=O) groups is 2. The number of rotatable bonds is 5. The van der Waals surface area contributed by atoms with Gasteiger partial charge in [-0.15, -0.1) is 0 Å². The highest BCUT2D eigenvalue weighted by Crippen LogP contribution is 2.21. The lowest BCUT2D eigenvalue weighted by atomic mass is 10.1. The van der Waals surface area contributed by atoms with Crippen molar-refractivity contribution in [2.75, 3.05) is 11.4 Å². The summed E-state index contributed by atoms with van der Waals surface area (Å²) in [7, 11) is 1.80. The van der Waals surface area contributed by atoms with Gasteiger partial charge in [-0.05, 0) is 24.5 Å². The molecule has 0 spiro atoms. The number of carbonyl (C=O) groups excluding carboxylic acids is 2. The summed E-state index contributed by atoms with van der Waals surface area (Å²) >= 11 is 6.09. The van der Waals surface area contributed by atoms with Crippen LogP contribution in [-0.2, 0) is 23.1 Å². The fourth-order valence-corrected chi connectivity index (χ4v) is 3.06. The maximum atomic E-state index is 12.4. The summed E-state index contributed by atoms with van der Waals surface area (Å²) in [5, 5.41) is 7.56. The van der Waals surface area contributed by atoms with E-state index in [1.807, 2.05) is 18.2 Å². The van der Waals surface area contributed by atoms with E-state index in [9.17, 15) is 9.59 Å². The zero-order chi connectivity index (χ0) is 17.1. The van der Waals surface area contributed by atoms with E-state index in [4.69, 9.17) is 11.6 Å². The Labute approximate surface area is 145 Å². The zero-order valence-electron chi connectivity index (χ0n) is 13.4. The zero-order valence-corrected chi connectivity index (χ0v) is 14.2. The molecule has 3 rings (SSSR count). The Kier molecular flexibility index (Phi) is 4.85. The second-order valence-corrected chi connectivity index (χ2v) is 6.27. The van der Waals surface area contributed by atoms with Crippen molar-refractivity contribution >= 4 is 29.1 Å². The van der Waals surface area contributed by atoms with Crippen molar-refractivity contribution in [1.82, 2.24) is 15.1 Å². The molecule has 7 heteroatoms. The van der Waals surface area contributed by atoms with Gasteiger partial charge in [0.15, 0.2) is 0 Å². The largest absolute Gasteiger partial charge is 0.344 e. The van der Waals surface area contributed by atoms with Crippen LogP contribution in [0.1, 0.15) is 18.4 Å². The fourth-order valence-electron chi connectivity index (χ4n) is 2.83. The van der Waals surface area contributed by atoms with E-state index < -0.39 is 6.04 Å². The average Bonchev–Trinajstić information content (AvgIpc) is 3.13. The third-order valence-electron chi connectivity index (χ3n) is 4.12. The first-order chi connectivity index (χ1) is 11.5. The second-order valence-electron chi connectivity index (χ2n) is 5.86. The highest BCUT2D eigenvalue weighted by Gasteiger charge is 2.33. The van der Waals surface area contributed by atoms with Crippen LogP contribution in [0.4, 0.5) is 5.69 Å². The van der Waals surface area contributed by atoms with Crippen LogP contribution in [0.25, 0.3) is 0 Å². The summed E-state index contributed by atoms with van der Waals surface area (Å²) < 4.78 is 1.65. The normalized spacial score (nSPS) is 17.3. The number of hydrogen-bond acceptors (Lipinski definition) is 3. The molecule has 0 saturated carbocycles. The molecule has 1 atom stereocenters. The molecule has 1 saturated heterocycles. The van der Waals surface area contributed by atoms with Crippen LogP contribution in [0.3, 0.4) is 0 Å². The highest BCUT2D eigenvalue weighted by atomic mass is 35.5. The summed E-state index contributed by atoms with van der Waals surface area (Å²) in [6.45, 7) is 0.583. The number of aryl methyl sites for hydroxylation is 2. The highest BCUT2D eigenvalue weighted by molar-refractivity contribution is 6.31. The van der Waals surface area contributed by atoms with Crippen molar-refractivity contribution in [2.24, 2.45) is 7.05 Å².